The Morgan fingerprint density at radius 3 is 2.55 bits per heavy atom. The predicted octanol–water partition coefficient (Wildman–Crippen LogP) is 4.20. The van der Waals surface area contributed by atoms with E-state index >= 15 is 0 Å². The highest BCUT2D eigenvalue weighted by atomic mass is 32.1. The quantitative estimate of drug-likeness (QED) is 0.660. The van der Waals surface area contributed by atoms with Crippen molar-refractivity contribution in [3.8, 4) is 5.69 Å². The fourth-order valence-electron chi connectivity index (χ4n) is 2.96. The normalized spacial score (nSPS) is 15.4. The minimum Gasteiger partial charge on any atom is -0.355 e. The maximum absolute atomic E-state index is 5.59. The molecule has 112 valence electrons. The van der Waals surface area contributed by atoms with Crippen molar-refractivity contribution in [1.82, 2.24) is 14.5 Å². The Morgan fingerprint density at radius 2 is 1.77 bits per heavy atom. The first-order valence-corrected chi connectivity index (χ1v) is 8.74. The van der Waals surface area contributed by atoms with Gasteiger partial charge in [0.05, 0.1) is 0 Å². The fraction of sp³-hybridized carbons (Fsp3) is 0.312. The van der Waals surface area contributed by atoms with Crippen molar-refractivity contribution in [1.29, 1.82) is 0 Å². The monoisotopic (exact) mass is 328 g/mol. The minimum absolute atomic E-state index is 0.819. The fourth-order valence-corrected chi connectivity index (χ4v) is 4.37. The van der Waals surface area contributed by atoms with Crippen LogP contribution in [0.5, 0.6) is 0 Å². The Bertz CT molecular complexity index is 847. The van der Waals surface area contributed by atoms with E-state index < -0.39 is 0 Å². The maximum atomic E-state index is 5.59. The van der Waals surface area contributed by atoms with Crippen LogP contribution in [0.15, 0.2) is 36.7 Å². The van der Waals surface area contributed by atoms with E-state index in [1.165, 1.54) is 19.3 Å². The van der Waals surface area contributed by atoms with Gasteiger partial charge in [0.1, 0.15) is 11.0 Å². The molecule has 0 N–H and O–H groups in total. The van der Waals surface area contributed by atoms with Gasteiger partial charge in [-0.05, 0) is 43.6 Å². The van der Waals surface area contributed by atoms with Crippen LogP contribution in [0.2, 0.25) is 0 Å². The average molecular weight is 328 g/mol. The SMILES string of the molecule is S=c1sc2c(N3CCCCC3)ncnc2n1-c1ccccc1. The summed E-state index contributed by atoms with van der Waals surface area (Å²) in [6.07, 6.45) is 5.44. The summed E-state index contributed by atoms with van der Waals surface area (Å²) in [5.41, 5.74) is 1.97. The summed E-state index contributed by atoms with van der Waals surface area (Å²) < 4.78 is 3.96. The molecule has 1 saturated heterocycles. The molecule has 0 radical (unpaired) electrons. The van der Waals surface area contributed by atoms with Crippen molar-refractivity contribution in [3.63, 3.8) is 0 Å². The van der Waals surface area contributed by atoms with Crippen LogP contribution >= 0.6 is 23.6 Å². The van der Waals surface area contributed by atoms with Crippen LogP contribution in [0.4, 0.5) is 5.82 Å². The van der Waals surface area contributed by atoms with E-state index in [0.717, 1.165) is 38.9 Å². The lowest BCUT2D eigenvalue weighted by Crippen LogP contribution is -2.30. The first-order valence-electron chi connectivity index (χ1n) is 7.51. The van der Waals surface area contributed by atoms with Gasteiger partial charge in [0.15, 0.2) is 15.4 Å². The summed E-state index contributed by atoms with van der Waals surface area (Å²) in [5.74, 6) is 1.04. The summed E-state index contributed by atoms with van der Waals surface area (Å²) in [6, 6.07) is 10.2. The number of rotatable bonds is 2. The van der Waals surface area contributed by atoms with Gasteiger partial charge in [-0.25, -0.2) is 9.97 Å². The second-order valence-corrected chi connectivity index (χ2v) is 7.08. The number of anilines is 1. The number of benzene rings is 1. The Hall–Kier alpha value is -1.79. The first-order chi connectivity index (χ1) is 10.8. The molecule has 0 bridgehead atoms. The average Bonchev–Trinajstić information content (AvgIpc) is 2.92. The van der Waals surface area contributed by atoms with E-state index in [9.17, 15) is 0 Å². The van der Waals surface area contributed by atoms with Gasteiger partial charge in [-0.3, -0.25) is 4.57 Å². The van der Waals surface area contributed by atoms with Gasteiger partial charge < -0.3 is 4.90 Å². The first kappa shape index (κ1) is 13.8. The number of hydrogen-bond acceptors (Lipinski definition) is 5. The zero-order chi connectivity index (χ0) is 14.9. The molecule has 0 atom stereocenters. The van der Waals surface area contributed by atoms with Crippen molar-refractivity contribution < 1.29 is 0 Å². The van der Waals surface area contributed by atoms with Crippen LogP contribution in [-0.2, 0) is 0 Å². The molecule has 6 heteroatoms. The Balaban J connectivity index is 1.91. The van der Waals surface area contributed by atoms with E-state index in [1.807, 2.05) is 22.8 Å². The summed E-state index contributed by atoms with van der Waals surface area (Å²) in [4.78, 5) is 11.4. The largest absolute Gasteiger partial charge is 0.355 e. The van der Waals surface area contributed by atoms with Gasteiger partial charge in [0, 0.05) is 18.8 Å². The number of aromatic nitrogens is 3. The Kier molecular flexibility index (Phi) is 3.63. The van der Waals surface area contributed by atoms with E-state index in [1.54, 1.807) is 17.7 Å². The molecule has 1 aliphatic rings. The standard InChI is InChI=1S/C16H16N4S2/c21-16-20(12-7-3-1-4-8-12)15-13(22-16)14(17-11-18-15)19-9-5-2-6-10-19/h1,3-4,7-8,11H,2,5-6,9-10H2. The minimum atomic E-state index is 0.819. The molecular formula is C16H16N4S2. The number of para-hydroxylation sites is 1. The third kappa shape index (κ3) is 2.32. The molecule has 0 aliphatic carbocycles. The van der Waals surface area contributed by atoms with Crippen LogP contribution in [0.1, 0.15) is 19.3 Å². The molecule has 0 saturated carbocycles. The highest BCUT2D eigenvalue weighted by Gasteiger charge is 2.19. The van der Waals surface area contributed by atoms with Gasteiger partial charge in [0.2, 0.25) is 0 Å². The molecule has 1 fully saturated rings. The molecule has 2 aromatic heterocycles. The van der Waals surface area contributed by atoms with Crippen molar-refractivity contribution in [2.75, 3.05) is 18.0 Å². The number of nitrogens with zero attached hydrogens (tertiary/aromatic N) is 4. The predicted molar refractivity (Wildman–Crippen MR) is 93.6 cm³/mol. The molecule has 4 nitrogen and oxygen atoms in total. The van der Waals surface area contributed by atoms with Crippen LogP contribution in [0, 0.1) is 3.95 Å². The second-order valence-electron chi connectivity index (χ2n) is 5.44. The number of piperidine rings is 1. The second kappa shape index (κ2) is 5.78. The van der Waals surface area contributed by atoms with Gasteiger partial charge in [0.25, 0.3) is 0 Å². The van der Waals surface area contributed by atoms with E-state index in [-0.39, 0.29) is 0 Å². The Morgan fingerprint density at radius 1 is 1.00 bits per heavy atom. The zero-order valence-electron chi connectivity index (χ0n) is 12.1. The summed E-state index contributed by atoms with van der Waals surface area (Å²) in [7, 11) is 0. The Labute approximate surface area is 138 Å². The van der Waals surface area contributed by atoms with Crippen LogP contribution in [0.25, 0.3) is 16.0 Å². The van der Waals surface area contributed by atoms with E-state index in [0.29, 0.717) is 0 Å². The van der Waals surface area contributed by atoms with Gasteiger partial charge in [-0.15, -0.1) is 0 Å². The van der Waals surface area contributed by atoms with Gasteiger partial charge in [-0.2, -0.15) is 0 Å². The van der Waals surface area contributed by atoms with Crippen molar-refractivity contribution >= 4 is 39.7 Å². The lowest BCUT2D eigenvalue weighted by atomic mass is 10.1. The van der Waals surface area contributed by atoms with E-state index in [2.05, 4.69) is 27.0 Å². The smallest absolute Gasteiger partial charge is 0.168 e. The van der Waals surface area contributed by atoms with Gasteiger partial charge in [-0.1, -0.05) is 29.5 Å². The highest BCUT2D eigenvalue weighted by Crippen LogP contribution is 2.32. The summed E-state index contributed by atoms with van der Waals surface area (Å²) in [6.45, 7) is 2.14. The zero-order valence-corrected chi connectivity index (χ0v) is 13.7. The summed E-state index contributed by atoms with van der Waals surface area (Å²) in [5, 5.41) is 0. The van der Waals surface area contributed by atoms with Crippen molar-refractivity contribution in [2.24, 2.45) is 0 Å². The molecule has 0 spiro atoms. The highest BCUT2D eigenvalue weighted by molar-refractivity contribution is 7.73. The molecule has 0 amide bonds. The maximum Gasteiger partial charge on any atom is 0.168 e. The lowest BCUT2D eigenvalue weighted by molar-refractivity contribution is 0.574. The molecule has 4 rings (SSSR count). The van der Waals surface area contributed by atoms with Crippen LogP contribution in [-0.4, -0.2) is 27.6 Å². The molecule has 0 unspecified atom stereocenters. The van der Waals surface area contributed by atoms with E-state index in [4.69, 9.17) is 12.2 Å². The number of hydrogen-bond donors (Lipinski definition) is 0. The van der Waals surface area contributed by atoms with Crippen molar-refractivity contribution in [2.45, 2.75) is 19.3 Å². The topological polar surface area (TPSA) is 34.0 Å². The third-order valence-electron chi connectivity index (χ3n) is 4.02. The van der Waals surface area contributed by atoms with Crippen molar-refractivity contribution in [3.05, 3.63) is 40.6 Å². The van der Waals surface area contributed by atoms with Gasteiger partial charge >= 0.3 is 0 Å². The number of fused-ring (bicyclic) bond motifs is 1. The lowest BCUT2D eigenvalue weighted by Gasteiger charge is -2.27. The molecule has 3 heterocycles. The summed E-state index contributed by atoms with van der Waals surface area (Å²) >= 11 is 7.20. The number of thiazole rings is 1. The molecule has 3 aromatic rings. The molecule has 1 aromatic carbocycles. The van der Waals surface area contributed by atoms with Crippen LogP contribution in [0.3, 0.4) is 0 Å². The molecule has 22 heavy (non-hydrogen) atoms. The molecule has 1 aliphatic heterocycles. The van der Waals surface area contributed by atoms with Crippen LogP contribution < -0.4 is 4.90 Å². The third-order valence-corrected chi connectivity index (χ3v) is 5.38. The molecular weight excluding hydrogens is 312 g/mol.